The fourth-order valence-electron chi connectivity index (χ4n) is 3.83. The predicted molar refractivity (Wildman–Crippen MR) is 94.2 cm³/mol. The summed E-state index contributed by atoms with van der Waals surface area (Å²) in [5.41, 5.74) is 10.1. The highest BCUT2D eigenvalue weighted by Gasteiger charge is 2.22. The topological polar surface area (TPSA) is 96.9 Å². The fourth-order valence-corrected chi connectivity index (χ4v) is 3.83. The number of hydrogen-bond donors (Lipinski definition) is 3. The zero-order valence-electron chi connectivity index (χ0n) is 13.8. The third-order valence-corrected chi connectivity index (χ3v) is 5.08. The van der Waals surface area contributed by atoms with Crippen molar-refractivity contribution >= 4 is 21.8 Å². The van der Waals surface area contributed by atoms with E-state index in [0.717, 1.165) is 53.4 Å². The van der Waals surface area contributed by atoms with Gasteiger partial charge in [-0.2, -0.15) is 5.10 Å². The Balaban J connectivity index is 2.11. The van der Waals surface area contributed by atoms with Crippen LogP contribution in [-0.4, -0.2) is 26.4 Å². The van der Waals surface area contributed by atoms with Gasteiger partial charge in [-0.15, -0.1) is 0 Å². The van der Waals surface area contributed by atoms with Crippen LogP contribution in [-0.2, 0) is 13.0 Å². The van der Waals surface area contributed by atoms with Crippen molar-refractivity contribution in [1.29, 1.82) is 0 Å². The number of rotatable bonds is 3. The number of aromatic nitrogens is 3. The molecule has 0 spiro atoms. The van der Waals surface area contributed by atoms with Crippen LogP contribution in [0.25, 0.3) is 21.8 Å². The first kappa shape index (κ1) is 15.4. The molecule has 0 radical (unpaired) electrons. The van der Waals surface area contributed by atoms with Crippen molar-refractivity contribution in [3.05, 3.63) is 39.3 Å². The van der Waals surface area contributed by atoms with Gasteiger partial charge in [-0.25, -0.2) is 0 Å². The smallest absolute Gasteiger partial charge is 0.262 e. The van der Waals surface area contributed by atoms with E-state index in [1.165, 1.54) is 0 Å². The Morgan fingerprint density at radius 3 is 3.08 bits per heavy atom. The molecule has 3 aromatic rings. The van der Waals surface area contributed by atoms with Gasteiger partial charge in [0.1, 0.15) is 5.52 Å². The highest BCUT2D eigenvalue weighted by Crippen LogP contribution is 2.34. The molecule has 2 heterocycles. The van der Waals surface area contributed by atoms with Crippen molar-refractivity contribution in [2.45, 2.75) is 45.3 Å². The molecule has 0 fully saturated rings. The molecule has 4 rings (SSSR count). The molecule has 6 nitrogen and oxygen atoms in total. The molecule has 0 aliphatic heterocycles. The van der Waals surface area contributed by atoms with E-state index in [2.05, 4.69) is 16.3 Å². The summed E-state index contributed by atoms with van der Waals surface area (Å²) >= 11 is 0. The second kappa shape index (κ2) is 5.72. The molecule has 2 aromatic heterocycles. The summed E-state index contributed by atoms with van der Waals surface area (Å²) in [5.74, 6) is 0. The second-order valence-electron chi connectivity index (χ2n) is 6.65. The Labute approximate surface area is 139 Å². The number of nitrogens with two attached hydrogens (primary N) is 1. The highest BCUT2D eigenvalue weighted by atomic mass is 16.3. The van der Waals surface area contributed by atoms with E-state index < -0.39 is 6.10 Å². The zero-order valence-corrected chi connectivity index (χ0v) is 13.8. The van der Waals surface area contributed by atoms with Crippen LogP contribution in [0.1, 0.15) is 42.2 Å². The van der Waals surface area contributed by atoms with E-state index in [9.17, 15) is 9.90 Å². The lowest BCUT2D eigenvalue weighted by Gasteiger charge is -2.23. The predicted octanol–water partition coefficient (Wildman–Crippen LogP) is 1.90. The third kappa shape index (κ3) is 2.17. The number of aliphatic hydroxyl groups excluding tert-OH is 1. The Morgan fingerprint density at radius 1 is 1.46 bits per heavy atom. The molecule has 1 atom stereocenters. The Hall–Kier alpha value is -2.18. The molecule has 0 saturated carbocycles. The molecule has 0 saturated heterocycles. The number of fused-ring (bicyclic) bond motifs is 4. The lowest BCUT2D eigenvalue weighted by atomic mass is 9.88. The van der Waals surface area contributed by atoms with Crippen LogP contribution in [0.2, 0.25) is 0 Å². The molecule has 6 heteroatoms. The molecule has 1 aliphatic rings. The number of nitrogens with one attached hydrogen (secondary N) is 1. The second-order valence-corrected chi connectivity index (χ2v) is 6.65. The van der Waals surface area contributed by atoms with E-state index in [0.29, 0.717) is 24.0 Å². The van der Waals surface area contributed by atoms with Gasteiger partial charge in [-0.3, -0.25) is 9.89 Å². The lowest BCUT2D eigenvalue weighted by molar-refractivity contribution is 0.157. The van der Waals surface area contributed by atoms with Crippen molar-refractivity contribution in [3.8, 4) is 0 Å². The maximum absolute atomic E-state index is 13.0. The van der Waals surface area contributed by atoms with E-state index in [-0.39, 0.29) is 5.56 Å². The summed E-state index contributed by atoms with van der Waals surface area (Å²) in [6.45, 7) is 3.00. The average Bonchev–Trinajstić information content (AvgIpc) is 2.96. The van der Waals surface area contributed by atoms with Gasteiger partial charge in [0.15, 0.2) is 0 Å². The minimum Gasteiger partial charge on any atom is -0.388 e. The molecule has 1 unspecified atom stereocenters. The standard InChI is InChI=1S/C18H22N4O2/c1-10-16-17(21-20-10)13-9-12-11(4-2-5-15(12)23)8-14(13)22(18(16)24)7-3-6-19/h8-9,15,23H,2-7,19H2,1H3,(H,20,21). The number of nitrogens with zero attached hydrogens (tertiary/aromatic N) is 2. The minimum absolute atomic E-state index is 0.0199. The van der Waals surface area contributed by atoms with Gasteiger partial charge < -0.3 is 15.4 Å². The number of aromatic amines is 1. The summed E-state index contributed by atoms with van der Waals surface area (Å²) < 4.78 is 1.81. The van der Waals surface area contributed by atoms with Crippen molar-refractivity contribution in [2.75, 3.05) is 6.54 Å². The van der Waals surface area contributed by atoms with E-state index in [1.807, 2.05) is 17.6 Å². The van der Waals surface area contributed by atoms with Crippen molar-refractivity contribution in [3.63, 3.8) is 0 Å². The molecule has 126 valence electrons. The third-order valence-electron chi connectivity index (χ3n) is 5.08. The Kier molecular flexibility index (Phi) is 3.66. The number of H-pyrrole nitrogens is 1. The van der Waals surface area contributed by atoms with Gasteiger partial charge in [0.25, 0.3) is 5.56 Å². The van der Waals surface area contributed by atoms with Crippen LogP contribution in [0.15, 0.2) is 16.9 Å². The first-order valence-electron chi connectivity index (χ1n) is 8.54. The zero-order chi connectivity index (χ0) is 16.8. The molecule has 24 heavy (non-hydrogen) atoms. The maximum atomic E-state index is 13.0. The number of pyridine rings is 1. The van der Waals surface area contributed by atoms with Crippen molar-refractivity contribution < 1.29 is 5.11 Å². The van der Waals surface area contributed by atoms with Gasteiger partial charge in [-0.1, -0.05) is 0 Å². The first-order chi connectivity index (χ1) is 11.6. The summed E-state index contributed by atoms with van der Waals surface area (Å²) in [5, 5.41) is 19.2. The average molecular weight is 326 g/mol. The van der Waals surface area contributed by atoms with Crippen LogP contribution in [0.4, 0.5) is 0 Å². The molecule has 0 bridgehead atoms. The molecule has 4 N–H and O–H groups in total. The quantitative estimate of drug-likeness (QED) is 0.685. The van der Waals surface area contributed by atoms with Crippen LogP contribution in [0.5, 0.6) is 0 Å². The molecular formula is C18H22N4O2. The fraction of sp³-hybridized carbons (Fsp3) is 0.444. The summed E-state index contributed by atoms with van der Waals surface area (Å²) in [4.78, 5) is 13.0. The monoisotopic (exact) mass is 326 g/mol. The van der Waals surface area contributed by atoms with Crippen LogP contribution < -0.4 is 11.3 Å². The van der Waals surface area contributed by atoms with Crippen LogP contribution in [0, 0.1) is 6.92 Å². The van der Waals surface area contributed by atoms with Crippen LogP contribution >= 0.6 is 0 Å². The minimum atomic E-state index is -0.433. The maximum Gasteiger partial charge on any atom is 0.262 e. The summed E-state index contributed by atoms with van der Waals surface area (Å²) in [7, 11) is 0. The summed E-state index contributed by atoms with van der Waals surface area (Å²) in [6, 6.07) is 4.09. The number of aryl methyl sites for hydroxylation is 3. The first-order valence-corrected chi connectivity index (χ1v) is 8.54. The van der Waals surface area contributed by atoms with Crippen LogP contribution in [0.3, 0.4) is 0 Å². The number of aliphatic hydroxyl groups is 1. The van der Waals surface area contributed by atoms with Gasteiger partial charge in [0.05, 0.1) is 17.0 Å². The lowest BCUT2D eigenvalue weighted by Crippen LogP contribution is -2.23. The molecule has 1 aliphatic carbocycles. The largest absolute Gasteiger partial charge is 0.388 e. The van der Waals surface area contributed by atoms with E-state index in [4.69, 9.17) is 5.73 Å². The molecule has 0 amide bonds. The van der Waals surface area contributed by atoms with Gasteiger partial charge in [-0.05, 0) is 62.4 Å². The number of hydrogen-bond acceptors (Lipinski definition) is 4. The van der Waals surface area contributed by atoms with Gasteiger partial charge >= 0.3 is 0 Å². The van der Waals surface area contributed by atoms with Gasteiger partial charge in [0.2, 0.25) is 0 Å². The summed E-state index contributed by atoms with van der Waals surface area (Å²) in [6.07, 6.45) is 3.00. The Bertz CT molecular complexity index is 986. The molecular weight excluding hydrogens is 304 g/mol. The number of benzene rings is 1. The van der Waals surface area contributed by atoms with Crippen molar-refractivity contribution in [2.24, 2.45) is 5.73 Å². The van der Waals surface area contributed by atoms with Crippen molar-refractivity contribution in [1.82, 2.24) is 14.8 Å². The normalized spacial score (nSPS) is 17.5. The van der Waals surface area contributed by atoms with E-state index in [1.54, 1.807) is 0 Å². The highest BCUT2D eigenvalue weighted by molar-refractivity contribution is 6.04. The Morgan fingerprint density at radius 2 is 2.29 bits per heavy atom. The SMILES string of the molecule is Cc1[nH]nc2c1c(=O)n(CCCN)c1cc3c(cc21)C(O)CCC3. The molecule has 1 aromatic carbocycles. The van der Waals surface area contributed by atoms with E-state index >= 15 is 0 Å². The van der Waals surface area contributed by atoms with Gasteiger partial charge in [0, 0.05) is 17.6 Å².